The topological polar surface area (TPSA) is 74.9 Å². The molecule has 1 N–H and O–H groups in total. The SMILES string of the molecule is N#Cc1cccc(C(F)(F)F)c1-c1cc2c(cc1F)c(CNS(=O)(=O)C1CC1)cn2C1CC(F)C1. The van der Waals surface area contributed by atoms with Gasteiger partial charge in [-0.2, -0.15) is 18.4 Å². The lowest BCUT2D eigenvalue weighted by molar-refractivity contribution is -0.137. The van der Waals surface area contributed by atoms with Crippen molar-refractivity contribution in [2.24, 2.45) is 0 Å². The van der Waals surface area contributed by atoms with Crippen molar-refractivity contribution in [2.45, 2.75) is 55.9 Å². The monoisotopic (exact) mass is 509 g/mol. The van der Waals surface area contributed by atoms with Crippen LogP contribution in [0.4, 0.5) is 22.0 Å². The fraction of sp³-hybridized carbons (Fsp3) is 0.375. The van der Waals surface area contributed by atoms with Crippen molar-refractivity contribution in [2.75, 3.05) is 0 Å². The van der Waals surface area contributed by atoms with Gasteiger partial charge in [0.1, 0.15) is 12.0 Å². The number of hydrogen-bond donors (Lipinski definition) is 1. The molecule has 0 bridgehead atoms. The maximum Gasteiger partial charge on any atom is 0.417 e. The summed E-state index contributed by atoms with van der Waals surface area (Å²) in [6.45, 7) is -0.129. The normalized spacial score (nSPS) is 20.6. The number of halogens is 5. The Morgan fingerprint density at radius 2 is 1.89 bits per heavy atom. The van der Waals surface area contributed by atoms with Crippen LogP contribution in [0, 0.1) is 17.1 Å². The summed E-state index contributed by atoms with van der Waals surface area (Å²) in [6.07, 6.45) is -2.75. The summed E-state index contributed by atoms with van der Waals surface area (Å²) in [6, 6.07) is 6.76. The number of benzene rings is 2. The van der Waals surface area contributed by atoms with Gasteiger partial charge < -0.3 is 4.57 Å². The van der Waals surface area contributed by atoms with E-state index >= 15 is 4.39 Å². The van der Waals surface area contributed by atoms with Crippen LogP contribution in [0.1, 0.15) is 48.4 Å². The molecule has 2 saturated carbocycles. The maximum atomic E-state index is 15.4. The van der Waals surface area contributed by atoms with Gasteiger partial charge in [0.25, 0.3) is 0 Å². The number of rotatable bonds is 6. The molecule has 0 saturated heterocycles. The zero-order chi connectivity index (χ0) is 25.1. The predicted octanol–water partition coefficient (Wildman–Crippen LogP) is 5.59. The molecule has 3 aromatic rings. The van der Waals surface area contributed by atoms with Gasteiger partial charge in [0.05, 0.1) is 22.4 Å². The zero-order valence-corrected chi connectivity index (χ0v) is 19.1. The van der Waals surface area contributed by atoms with E-state index in [1.165, 1.54) is 12.1 Å². The first-order chi connectivity index (χ1) is 16.5. The molecule has 0 aliphatic heterocycles. The van der Waals surface area contributed by atoms with Gasteiger partial charge in [0, 0.05) is 40.8 Å². The molecule has 2 aromatic carbocycles. The Kier molecular flexibility index (Phi) is 5.64. The second-order valence-corrected chi connectivity index (χ2v) is 11.1. The lowest BCUT2D eigenvalue weighted by Gasteiger charge is -2.31. The summed E-state index contributed by atoms with van der Waals surface area (Å²) in [5.41, 5.74) is -1.66. The van der Waals surface area contributed by atoms with E-state index < -0.39 is 50.1 Å². The molecule has 0 radical (unpaired) electrons. The third-order valence-electron chi connectivity index (χ3n) is 6.64. The molecule has 5 nitrogen and oxygen atoms in total. The number of nitrogens with one attached hydrogen (secondary N) is 1. The van der Waals surface area contributed by atoms with Gasteiger partial charge >= 0.3 is 6.18 Å². The Bertz CT molecular complexity index is 1460. The van der Waals surface area contributed by atoms with Crippen LogP contribution in [0.25, 0.3) is 22.0 Å². The molecule has 2 aliphatic carbocycles. The predicted molar refractivity (Wildman–Crippen MR) is 119 cm³/mol. The highest BCUT2D eigenvalue weighted by atomic mass is 32.2. The van der Waals surface area contributed by atoms with E-state index in [1.54, 1.807) is 16.8 Å². The van der Waals surface area contributed by atoms with Crippen molar-refractivity contribution < 1.29 is 30.4 Å². The molecule has 1 heterocycles. The number of aromatic nitrogens is 1. The van der Waals surface area contributed by atoms with Crippen LogP contribution in [-0.2, 0) is 22.7 Å². The van der Waals surface area contributed by atoms with Crippen LogP contribution < -0.4 is 4.72 Å². The maximum absolute atomic E-state index is 15.4. The molecule has 0 unspecified atom stereocenters. The molecule has 184 valence electrons. The van der Waals surface area contributed by atoms with Gasteiger partial charge in [-0.25, -0.2) is 21.9 Å². The van der Waals surface area contributed by atoms with Crippen LogP contribution in [0.2, 0.25) is 0 Å². The second kappa shape index (κ2) is 8.31. The van der Waals surface area contributed by atoms with Gasteiger partial charge in [-0.3, -0.25) is 0 Å². The Morgan fingerprint density at radius 3 is 2.49 bits per heavy atom. The van der Waals surface area contributed by atoms with E-state index in [2.05, 4.69) is 4.72 Å². The quantitative estimate of drug-likeness (QED) is 0.440. The number of hydrogen-bond acceptors (Lipinski definition) is 3. The van der Waals surface area contributed by atoms with Gasteiger partial charge in [0.2, 0.25) is 10.0 Å². The van der Waals surface area contributed by atoms with Gasteiger partial charge in [-0.05, 0) is 55.5 Å². The first-order valence-electron chi connectivity index (χ1n) is 11.1. The van der Waals surface area contributed by atoms with Gasteiger partial charge in [-0.15, -0.1) is 0 Å². The van der Waals surface area contributed by atoms with Crippen molar-refractivity contribution in [1.82, 2.24) is 9.29 Å². The average molecular weight is 510 g/mol. The first-order valence-corrected chi connectivity index (χ1v) is 12.6. The molecular formula is C24H20F5N3O2S. The number of sulfonamides is 1. The number of nitriles is 1. The fourth-order valence-electron chi connectivity index (χ4n) is 4.57. The molecule has 11 heteroatoms. The third kappa shape index (κ3) is 4.29. The number of fused-ring (bicyclic) bond motifs is 1. The molecule has 5 rings (SSSR count). The summed E-state index contributed by atoms with van der Waals surface area (Å²) in [5.74, 6) is -0.980. The first kappa shape index (κ1) is 23.8. The standard InChI is InChI=1S/C24H20F5N3O2S/c25-15-6-16(7-15)32-12-14(11-31-35(33,34)17-4-5-17)18-8-21(26)19(9-22(18)32)23-13(10-30)2-1-3-20(23)24(27,28)29/h1-3,8-9,12,15-17,31H,4-7,11H2. The molecule has 35 heavy (non-hydrogen) atoms. The van der Waals surface area contributed by atoms with Gasteiger partial charge in [0.15, 0.2) is 0 Å². The number of alkyl halides is 4. The van der Waals surface area contributed by atoms with E-state index in [9.17, 15) is 31.2 Å². The van der Waals surface area contributed by atoms with Crippen LogP contribution >= 0.6 is 0 Å². The van der Waals surface area contributed by atoms with Crippen molar-refractivity contribution in [3.63, 3.8) is 0 Å². The second-order valence-electron chi connectivity index (χ2n) is 9.04. The summed E-state index contributed by atoms with van der Waals surface area (Å²) >= 11 is 0. The molecule has 2 aliphatic rings. The minimum Gasteiger partial charge on any atom is -0.344 e. The minimum absolute atomic E-state index is 0.129. The highest BCUT2D eigenvalue weighted by molar-refractivity contribution is 7.90. The van der Waals surface area contributed by atoms with E-state index in [1.807, 2.05) is 0 Å². The van der Waals surface area contributed by atoms with Crippen LogP contribution in [0.15, 0.2) is 36.5 Å². The van der Waals surface area contributed by atoms with E-state index in [0.29, 0.717) is 29.3 Å². The van der Waals surface area contributed by atoms with Crippen molar-refractivity contribution >= 4 is 20.9 Å². The van der Waals surface area contributed by atoms with Crippen molar-refractivity contribution in [3.8, 4) is 17.2 Å². The van der Waals surface area contributed by atoms with Gasteiger partial charge in [-0.1, -0.05) is 6.07 Å². The third-order valence-corrected chi connectivity index (χ3v) is 8.54. The summed E-state index contributed by atoms with van der Waals surface area (Å²) in [4.78, 5) is 0. The average Bonchev–Trinajstić information content (AvgIpc) is 3.58. The highest BCUT2D eigenvalue weighted by Gasteiger charge is 2.37. The number of nitrogens with zero attached hydrogens (tertiary/aromatic N) is 2. The molecule has 0 amide bonds. The minimum atomic E-state index is -4.83. The van der Waals surface area contributed by atoms with E-state index in [4.69, 9.17) is 0 Å². The van der Waals surface area contributed by atoms with Crippen molar-refractivity contribution in [1.29, 1.82) is 5.26 Å². The van der Waals surface area contributed by atoms with E-state index in [-0.39, 0.29) is 31.0 Å². The molecular weight excluding hydrogens is 489 g/mol. The van der Waals surface area contributed by atoms with Crippen LogP contribution in [0.5, 0.6) is 0 Å². The van der Waals surface area contributed by atoms with Crippen molar-refractivity contribution in [3.05, 3.63) is 59.0 Å². The highest BCUT2D eigenvalue weighted by Crippen LogP contribution is 2.43. The lowest BCUT2D eigenvalue weighted by Crippen LogP contribution is -2.28. The Morgan fingerprint density at radius 1 is 1.17 bits per heavy atom. The molecule has 2 fully saturated rings. The lowest BCUT2D eigenvalue weighted by atomic mass is 9.90. The summed E-state index contributed by atoms with van der Waals surface area (Å²) < 4.78 is 99.0. The van der Waals surface area contributed by atoms with Crippen LogP contribution in [0.3, 0.4) is 0 Å². The largest absolute Gasteiger partial charge is 0.417 e. The molecule has 0 atom stereocenters. The fourth-order valence-corrected chi connectivity index (χ4v) is 5.92. The Hall–Kier alpha value is -2.97. The Labute approximate surface area is 198 Å². The van der Waals surface area contributed by atoms with E-state index in [0.717, 1.165) is 18.2 Å². The summed E-state index contributed by atoms with van der Waals surface area (Å²) in [5, 5.41) is 9.30. The molecule has 0 spiro atoms. The smallest absolute Gasteiger partial charge is 0.344 e. The summed E-state index contributed by atoms with van der Waals surface area (Å²) in [7, 11) is -3.53. The Balaban J connectivity index is 1.67. The molecule has 1 aromatic heterocycles. The van der Waals surface area contributed by atoms with Crippen LogP contribution in [-0.4, -0.2) is 24.4 Å². The zero-order valence-electron chi connectivity index (χ0n) is 18.2.